The molecule has 0 spiro atoms. The SMILES string of the molecule is COc1cccc(N2CC(C(=O)N(Cc3cccs3)C3CC3)CC2=O)c1. The molecule has 2 heterocycles. The van der Waals surface area contributed by atoms with Gasteiger partial charge in [-0.1, -0.05) is 12.1 Å². The van der Waals surface area contributed by atoms with E-state index >= 15 is 0 Å². The number of carbonyl (C=O) groups is 2. The molecule has 1 aromatic heterocycles. The van der Waals surface area contributed by atoms with Crippen LogP contribution in [0.3, 0.4) is 0 Å². The van der Waals surface area contributed by atoms with E-state index < -0.39 is 0 Å². The fraction of sp³-hybridized carbons (Fsp3) is 0.400. The fourth-order valence-corrected chi connectivity index (χ4v) is 4.18. The molecule has 1 aliphatic heterocycles. The maximum Gasteiger partial charge on any atom is 0.228 e. The summed E-state index contributed by atoms with van der Waals surface area (Å²) in [7, 11) is 1.61. The minimum absolute atomic E-state index is 0.00322. The number of hydrogen-bond acceptors (Lipinski definition) is 4. The second kappa shape index (κ2) is 7.11. The smallest absolute Gasteiger partial charge is 0.228 e. The summed E-state index contributed by atoms with van der Waals surface area (Å²) in [5, 5.41) is 2.04. The zero-order chi connectivity index (χ0) is 18.1. The average molecular weight is 370 g/mol. The number of anilines is 1. The summed E-state index contributed by atoms with van der Waals surface area (Å²) >= 11 is 1.67. The molecular formula is C20H22N2O3S. The lowest BCUT2D eigenvalue weighted by Crippen LogP contribution is -2.38. The number of ether oxygens (including phenoxy) is 1. The molecule has 2 aromatic rings. The topological polar surface area (TPSA) is 49.9 Å². The van der Waals surface area contributed by atoms with Crippen LogP contribution in [0.25, 0.3) is 0 Å². The van der Waals surface area contributed by atoms with Gasteiger partial charge in [0, 0.05) is 35.6 Å². The van der Waals surface area contributed by atoms with Crippen LogP contribution in [0.1, 0.15) is 24.1 Å². The molecule has 1 aliphatic carbocycles. The number of methoxy groups -OCH3 is 1. The Morgan fingerprint density at radius 3 is 2.85 bits per heavy atom. The fourth-order valence-electron chi connectivity index (χ4n) is 3.48. The zero-order valence-corrected chi connectivity index (χ0v) is 15.6. The number of carbonyl (C=O) groups excluding carboxylic acids is 2. The van der Waals surface area contributed by atoms with Crippen LogP contribution >= 0.6 is 11.3 Å². The molecular weight excluding hydrogens is 348 g/mol. The predicted octanol–water partition coefficient (Wildman–Crippen LogP) is 3.30. The first-order valence-corrected chi connectivity index (χ1v) is 9.81. The van der Waals surface area contributed by atoms with Gasteiger partial charge in [-0.15, -0.1) is 11.3 Å². The first kappa shape index (κ1) is 17.1. The van der Waals surface area contributed by atoms with Crippen molar-refractivity contribution in [2.75, 3.05) is 18.6 Å². The van der Waals surface area contributed by atoms with E-state index in [2.05, 4.69) is 6.07 Å². The number of amides is 2. The van der Waals surface area contributed by atoms with Crippen LogP contribution in [0.15, 0.2) is 41.8 Å². The molecule has 0 bridgehead atoms. The van der Waals surface area contributed by atoms with Gasteiger partial charge in [-0.25, -0.2) is 0 Å². The van der Waals surface area contributed by atoms with Gasteiger partial charge in [0.1, 0.15) is 5.75 Å². The molecule has 1 saturated heterocycles. The van der Waals surface area contributed by atoms with Crippen LogP contribution in [-0.4, -0.2) is 36.4 Å². The van der Waals surface area contributed by atoms with Crippen LogP contribution in [0.4, 0.5) is 5.69 Å². The quantitative estimate of drug-likeness (QED) is 0.784. The second-order valence-electron chi connectivity index (χ2n) is 6.88. The van der Waals surface area contributed by atoms with E-state index in [4.69, 9.17) is 4.74 Å². The highest BCUT2D eigenvalue weighted by atomic mass is 32.1. The van der Waals surface area contributed by atoms with Crippen molar-refractivity contribution in [3.63, 3.8) is 0 Å². The summed E-state index contributed by atoms with van der Waals surface area (Å²) in [6.45, 7) is 1.10. The van der Waals surface area contributed by atoms with Gasteiger partial charge in [0.05, 0.1) is 19.6 Å². The second-order valence-corrected chi connectivity index (χ2v) is 7.92. The van der Waals surface area contributed by atoms with Crippen LogP contribution in [0.2, 0.25) is 0 Å². The van der Waals surface area contributed by atoms with E-state index in [-0.39, 0.29) is 24.2 Å². The highest BCUT2D eigenvalue weighted by molar-refractivity contribution is 7.09. The lowest BCUT2D eigenvalue weighted by atomic mass is 10.1. The Bertz CT molecular complexity index is 801. The third kappa shape index (κ3) is 3.46. The van der Waals surface area contributed by atoms with Gasteiger partial charge in [0.15, 0.2) is 0 Å². The number of thiophene rings is 1. The molecule has 136 valence electrons. The van der Waals surface area contributed by atoms with Crippen molar-refractivity contribution in [1.82, 2.24) is 4.90 Å². The Balaban J connectivity index is 1.49. The van der Waals surface area contributed by atoms with Gasteiger partial charge >= 0.3 is 0 Å². The molecule has 0 radical (unpaired) electrons. The normalized spacial score (nSPS) is 19.7. The van der Waals surface area contributed by atoms with Gasteiger partial charge in [-0.3, -0.25) is 9.59 Å². The molecule has 4 rings (SSSR count). The third-order valence-corrected chi connectivity index (χ3v) is 5.88. The minimum atomic E-state index is -0.269. The van der Waals surface area contributed by atoms with Gasteiger partial charge in [0.25, 0.3) is 0 Å². The van der Waals surface area contributed by atoms with Crippen molar-refractivity contribution < 1.29 is 14.3 Å². The van der Waals surface area contributed by atoms with E-state index in [9.17, 15) is 9.59 Å². The summed E-state index contributed by atoms with van der Waals surface area (Å²) in [6, 6.07) is 11.9. The molecule has 26 heavy (non-hydrogen) atoms. The van der Waals surface area contributed by atoms with Gasteiger partial charge in [0.2, 0.25) is 11.8 Å². The molecule has 2 fully saturated rings. The lowest BCUT2D eigenvalue weighted by Gasteiger charge is -2.25. The van der Waals surface area contributed by atoms with Crippen LogP contribution in [-0.2, 0) is 16.1 Å². The van der Waals surface area contributed by atoms with Gasteiger partial charge < -0.3 is 14.5 Å². The van der Waals surface area contributed by atoms with E-state index in [1.54, 1.807) is 23.3 Å². The van der Waals surface area contributed by atoms with Crippen molar-refractivity contribution in [2.45, 2.75) is 31.8 Å². The molecule has 2 amide bonds. The molecule has 6 heteroatoms. The maximum atomic E-state index is 13.1. The van der Waals surface area contributed by atoms with Gasteiger partial charge in [-0.05, 0) is 36.4 Å². The third-order valence-electron chi connectivity index (χ3n) is 5.02. The first-order valence-electron chi connectivity index (χ1n) is 8.93. The Labute approximate surface area is 157 Å². The van der Waals surface area contributed by atoms with Crippen molar-refractivity contribution >= 4 is 28.8 Å². The van der Waals surface area contributed by atoms with Crippen molar-refractivity contribution in [1.29, 1.82) is 0 Å². The molecule has 5 nitrogen and oxygen atoms in total. The molecule has 2 aliphatic rings. The molecule has 1 atom stereocenters. The predicted molar refractivity (Wildman–Crippen MR) is 101 cm³/mol. The van der Waals surface area contributed by atoms with E-state index in [0.29, 0.717) is 24.9 Å². The molecule has 1 unspecified atom stereocenters. The number of benzene rings is 1. The molecule has 0 N–H and O–H groups in total. The lowest BCUT2D eigenvalue weighted by molar-refractivity contribution is -0.137. The highest BCUT2D eigenvalue weighted by Gasteiger charge is 2.41. The Morgan fingerprint density at radius 1 is 1.31 bits per heavy atom. The number of nitrogens with zero attached hydrogens (tertiary/aromatic N) is 2. The Kier molecular flexibility index (Phi) is 4.68. The van der Waals surface area contributed by atoms with Gasteiger partial charge in [-0.2, -0.15) is 0 Å². The average Bonchev–Trinajstić information content (AvgIpc) is 3.22. The highest BCUT2D eigenvalue weighted by Crippen LogP contribution is 2.34. The number of rotatable bonds is 6. The summed E-state index contributed by atoms with van der Waals surface area (Å²) in [4.78, 5) is 30.5. The zero-order valence-electron chi connectivity index (χ0n) is 14.8. The summed E-state index contributed by atoms with van der Waals surface area (Å²) in [6.07, 6.45) is 2.42. The monoisotopic (exact) mass is 370 g/mol. The van der Waals surface area contributed by atoms with E-state index in [0.717, 1.165) is 18.5 Å². The summed E-state index contributed by atoms with van der Waals surface area (Å²) in [5.74, 6) is 0.555. The van der Waals surface area contributed by atoms with Crippen molar-refractivity contribution in [2.24, 2.45) is 5.92 Å². The minimum Gasteiger partial charge on any atom is -0.497 e. The largest absolute Gasteiger partial charge is 0.497 e. The van der Waals surface area contributed by atoms with E-state index in [1.165, 1.54) is 4.88 Å². The first-order chi connectivity index (χ1) is 12.7. The van der Waals surface area contributed by atoms with Crippen LogP contribution in [0, 0.1) is 5.92 Å². The Hall–Kier alpha value is -2.34. The van der Waals surface area contributed by atoms with Crippen LogP contribution < -0.4 is 9.64 Å². The number of hydrogen-bond donors (Lipinski definition) is 0. The van der Waals surface area contributed by atoms with Crippen molar-refractivity contribution in [3.05, 3.63) is 46.7 Å². The standard InChI is InChI=1S/C20H22N2O3S/c1-25-17-5-2-4-16(11-17)21-12-14(10-19(21)23)20(24)22(15-7-8-15)13-18-6-3-9-26-18/h2-6,9,11,14-15H,7-8,10,12-13H2,1H3. The summed E-state index contributed by atoms with van der Waals surface area (Å²) < 4.78 is 5.25. The van der Waals surface area contributed by atoms with Crippen LogP contribution in [0.5, 0.6) is 5.75 Å². The maximum absolute atomic E-state index is 13.1. The summed E-state index contributed by atoms with van der Waals surface area (Å²) in [5.41, 5.74) is 0.792. The molecule has 1 aromatic carbocycles. The Morgan fingerprint density at radius 2 is 2.15 bits per heavy atom. The molecule has 1 saturated carbocycles. The van der Waals surface area contributed by atoms with E-state index in [1.807, 2.05) is 40.6 Å². The van der Waals surface area contributed by atoms with Crippen molar-refractivity contribution in [3.8, 4) is 5.75 Å².